The van der Waals surface area contributed by atoms with Crippen LogP contribution in [0, 0.1) is 5.92 Å². The molecule has 1 aromatic carbocycles. The number of nitrogens with one attached hydrogen (secondary N) is 1. The van der Waals surface area contributed by atoms with Crippen LogP contribution in [0.4, 0.5) is 0 Å². The second-order valence-electron chi connectivity index (χ2n) is 11.1. The summed E-state index contributed by atoms with van der Waals surface area (Å²) in [7, 11) is 1.87. The molecule has 11 nitrogen and oxygen atoms in total. The number of fused-ring (bicyclic) bond motifs is 1. The molecule has 1 atom stereocenters. The molecule has 0 bridgehead atoms. The lowest BCUT2D eigenvalue weighted by Gasteiger charge is -2.31. The average Bonchev–Trinajstić information content (AvgIpc) is 3.40. The van der Waals surface area contributed by atoms with Gasteiger partial charge in [-0.1, -0.05) is 17.7 Å². The Labute approximate surface area is 250 Å². The molecule has 0 unspecified atom stereocenters. The van der Waals surface area contributed by atoms with E-state index in [9.17, 15) is 14.7 Å². The Balaban J connectivity index is 1.08. The lowest BCUT2D eigenvalue weighted by molar-refractivity contribution is -0.130. The molecule has 0 spiro atoms. The van der Waals surface area contributed by atoms with Gasteiger partial charge in [0.05, 0.1) is 16.8 Å². The highest BCUT2D eigenvalue weighted by atomic mass is 35.5. The molecule has 2 aromatic heterocycles. The van der Waals surface area contributed by atoms with Gasteiger partial charge < -0.3 is 20.1 Å². The topological polar surface area (TPSA) is 126 Å². The molecular weight excluding hydrogens is 558 g/mol. The number of hydrogen-bond donors (Lipinski definition) is 2. The summed E-state index contributed by atoms with van der Waals surface area (Å²) in [6.07, 6.45) is 5.75. The van der Waals surface area contributed by atoms with Crippen LogP contribution >= 0.6 is 11.6 Å². The minimum absolute atomic E-state index is 0.114. The molecule has 0 radical (unpaired) electrons. The molecule has 2 aliphatic heterocycles. The number of aliphatic hydroxyl groups is 1. The summed E-state index contributed by atoms with van der Waals surface area (Å²) in [4.78, 5) is 36.9. The van der Waals surface area contributed by atoms with Crippen molar-refractivity contribution in [3.8, 4) is 5.75 Å². The van der Waals surface area contributed by atoms with Gasteiger partial charge in [0.15, 0.2) is 0 Å². The van der Waals surface area contributed by atoms with E-state index in [1.165, 1.54) is 6.33 Å². The van der Waals surface area contributed by atoms with Crippen LogP contribution < -0.4 is 10.1 Å². The van der Waals surface area contributed by atoms with Gasteiger partial charge in [0, 0.05) is 65.1 Å². The zero-order chi connectivity index (χ0) is 29.6. The Hall–Kier alpha value is -3.54. The number of nitrogens with zero attached hydrogens (tertiary/aromatic N) is 6. The maximum Gasteiger partial charge on any atom is 0.270 e. The van der Waals surface area contributed by atoms with Gasteiger partial charge in [-0.05, 0) is 60.9 Å². The van der Waals surface area contributed by atoms with Crippen molar-refractivity contribution in [2.45, 2.75) is 51.9 Å². The van der Waals surface area contributed by atoms with Gasteiger partial charge in [-0.15, -0.1) is 0 Å². The number of amides is 2. The minimum Gasteiger partial charge on any atom is -0.486 e. The molecule has 0 saturated carbocycles. The molecule has 2 amide bonds. The van der Waals surface area contributed by atoms with Gasteiger partial charge in [0.1, 0.15) is 24.4 Å². The smallest absolute Gasteiger partial charge is 0.270 e. The molecule has 0 aliphatic carbocycles. The highest BCUT2D eigenvalue weighted by Gasteiger charge is 2.24. The van der Waals surface area contributed by atoms with Crippen LogP contribution in [-0.4, -0.2) is 85.3 Å². The number of likely N-dealkylation sites (tertiary alicyclic amines) is 1. The second-order valence-corrected chi connectivity index (χ2v) is 11.5. The van der Waals surface area contributed by atoms with Crippen LogP contribution in [0.1, 0.15) is 52.8 Å². The lowest BCUT2D eigenvalue weighted by atomic mass is 9.92. The maximum absolute atomic E-state index is 12.8. The van der Waals surface area contributed by atoms with Crippen molar-refractivity contribution in [2.75, 3.05) is 32.7 Å². The van der Waals surface area contributed by atoms with Gasteiger partial charge in [-0.25, -0.2) is 9.97 Å². The fraction of sp³-hybridized carbons (Fsp3) is 0.500. The zero-order valence-electron chi connectivity index (χ0n) is 24.1. The number of aryl methyl sites for hydroxylation is 1. The summed E-state index contributed by atoms with van der Waals surface area (Å²) in [6.45, 7) is 5.44. The molecule has 12 heteroatoms. The number of aromatic nitrogens is 4. The van der Waals surface area contributed by atoms with Crippen molar-refractivity contribution >= 4 is 23.4 Å². The maximum atomic E-state index is 12.8. The summed E-state index contributed by atoms with van der Waals surface area (Å²) in [5.41, 5.74) is 4.24. The number of aliphatic hydroxyl groups excluding tert-OH is 1. The molecule has 4 heterocycles. The van der Waals surface area contributed by atoms with E-state index in [2.05, 4.69) is 25.3 Å². The molecular formula is C30H38ClN7O4. The molecule has 1 fully saturated rings. The fourth-order valence-electron chi connectivity index (χ4n) is 5.65. The third-order valence-electron chi connectivity index (χ3n) is 8.16. The van der Waals surface area contributed by atoms with Crippen molar-refractivity contribution in [2.24, 2.45) is 13.0 Å². The number of carbonyl (C=O) groups excluding carboxylic acids is 2. The van der Waals surface area contributed by atoms with Crippen molar-refractivity contribution in [3.05, 3.63) is 70.0 Å². The monoisotopic (exact) mass is 595 g/mol. The zero-order valence-corrected chi connectivity index (χ0v) is 24.9. The molecule has 2 aliphatic rings. The second kappa shape index (κ2) is 13.6. The highest BCUT2D eigenvalue weighted by Crippen LogP contribution is 2.34. The van der Waals surface area contributed by atoms with E-state index in [1.54, 1.807) is 23.9 Å². The Kier molecular flexibility index (Phi) is 9.71. The number of hydrogen-bond acceptors (Lipinski definition) is 8. The number of rotatable bonds is 10. The van der Waals surface area contributed by atoms with Gasteiger partial charge >= 0.3 is 0 Å². The van der Waals surface area contributed by atoms with Gasteiger partial charge in [0.25, 0.3) is 5.91 Å². The third kappa shape index (κ3) is 7.45. The number of piperidine rings is 1. The summed E-state index contributed by atoms with van der Waals surface area (Å²) < 4.78 is 7.73. The largest absolute Gasteiger partial charge is 0.486 e. The van der Waals surface area contributed by atoms with E-state index in [4.69, 9.17) is 16.3 Å². The van der Waals surface area contributed by atoms with Crippen LogP contribution in [0.5, 0.6) is 5.75 Å². The summed E-state index contributed by atoms with van der Waals surface area (Å²) in [5.74, 6) is 0.851. The van der Waals surface area contributed by atoms with E-state index < -0.39 is 6.10 Å². The number of β-amino-alcohol motifs (C(OH)–C–C–N with tert-alkyl or cyclic N) is 1. The van der Waals surface area contributed by atoms with E-state index in [0.29, 0.717) is 36.4 Å². The van der Waals surface area contributed by atoms with E-state index in [-0.39, 0.29) is 24.1 Å². The van der Waals surface area contributed by atoms with Crippen LogP contribution in [-0.2, 0) is 37.8 Å². The van der Waals surface area contributed by atoms with E-state index in [1.807, 2.05) is 30.1 Å². The van der Waals surface area contributed by atoms with Crippen LogP contribution in [0.2, 0.25) is 5.02 Å². The molecule has 224 valence electrons. The number of halogens is 1. The molecule has 1 saturated heterocycles. The predicted octanol–water partition coefficient (Wildman–Crippen LogP) is 2.39. The normalized spacial score (nSPS) is 16.6. The van der Waals surface area contributed by atoms with Crippen molar-refractivity contribution < 1.29 is 19.4 Å². The summed E-state index contributed by atoms with van der Waals surface area (Å²) >= 11 is 6.70. The van der Waals surface area contributed by atoms with E-state index >= 15 is 0 Å². The van der Waals surface area contributed by atoms with Gasteiger partial charge in [0.2, 0.25) is 5.91 Å². The molecule has 42 heavy (non-hydrogen) atoms. The third-order valence-corrected chi connectivity index (χ3v) is 8.57. The van der Waals surface area contributed by atoms with Crippen LogP contribution in [0.25, 0.3) is 0 Å². The number of benzene rings is 1. The Morgan fingerprint density at radius 3 is 2.74 bits per heavy atom. The summed E-state index contributed by atoms with van der Waals surface area (Å²) in [6, 6.07) is 7.55. The first kappa shape index (κ1) is 29.9. The SMILES string of the molecule is CC(=O)N1CCC(Cc2cc(C(=O)NC[C@H](O)CN3CCc4c(ccc(OCc5ccnn5C)c4Cl)C3)ncn2)CC1. The van der Waals surface area contributed by atoms with Crippen molar-refractivity contribution in [1.82, 2.24) is 34.9 Å². The molecule has 2 N–H and O–H groups in total. The average molecular weight is 596 g/mol. The predicted molar refractivity (Wildman–Crippen MR) is 157 cm³/mol. The Morgan fingerprint density at radius 2 is 2.00 bits per heavy atom. The lowest BCUT2D eigenvalue weighted by Crippen LogP contribution is -2.42. The minimum atomic E-state index is -0.736. The standard InChI is InChI=1S/C30H38ClN7O4/c1-20(39)38-11-6-21(7-12-38)13-23-14-27(34-19-33-23)30(41)32-15-25(40)17-37-10-8-26-22(16-37)3-4-28(29(26)31)42-18-24-5-9-35-36(24)2/h3-5,9,14,19,21,25,40H,6-8,10-13,15-18H2,1-2H3,(H,32,41)/t25-/m0/s1. The highest BCUT2D eigenvalue weighted by molar-refractivity contribution is 6.33. The van der Waals surface area contributed by atoms with Gasteiger partial charge in [-0.2, -0.15) is 5.10 Å². The first-order chi connectivity index (χ1) is 20.3. The first-order valence-corrected chi connectivity index (χ1v) is 14.8. The van der Waals surface area contributed by atoms with Gasteiger partial charge in [-0.3, -0.25) is 19.2 Å². The fourth-order valence-corrected chi connectivity index (χ4v) is 5.99. The Morgan fingerprint density at radius 1 is 1.19 bits per heavy atom. The Bertz CT molecular complexity index is 1410. The van der Waals surface area contributed by atoms with Crippen LogP contribution in [0.15, 0.2) is 36.8 Å². The number of carbonyl (C=O) groups is 2. The number of ether oxygens (including phenoxy) is 1. The summed E-state index contributed by atoms with van der Waals surface area (Å²) in [5, 5.41) is 18.3. The quantitative estimate of drug-likeness (QED) is 0.366. The van der Waals surface area contributed by atoms with Crippen molar-refractivity contribution in [1.29, 1.82) is 0 Å². The molecule has 3 aromatic rings. The first-order valence-electron chi connectivity index (χ1n) is 14.4. The van der Waals surface area contributed by atoms with Crippen molar-refractivity contribution in [3.63, 3.8) is 0 Å². The molecule has 5 rings (SSSR count). The van der Waals surface area contributed by atoms with Crippen LogP contribution in [0.3, 0.4) is 0 Å². The van der Waals surface area contributed by atoms with E-state index in [0.717, 1.165) is 67.8 Å².